The third-order valence-electron chi connectivity index (χ3n) is 3.23. The zero-order valence-corrected chi connectivity index (χ0v) is 13.7. The summed E-state index contributed by atoms with van der Waals surface area (Å²) in [5, 5.41) is 3.65. The van der Waals surface area contributed by atoms with Gasteiger partial charge in [-0.05, 0) is 32.1 Å². The molecule has 0 aliphatic carbocycles. The Kier molecular flexibility index (Phi) is 7.32. The number of nitrogen functional groups attached to an aromatic ring is 1. The van der Waals surface area contributed by atoms with Gasteiger partial charge < -0.3 is 20.7 Å². The van der Waals surface area contributed by atoms with Gasteiger partial charge in [-0.2, -0.15) is 0 Å². The molecule has 0 amide bonds. The van der Waals surface area contributed by atoms with Crippen molar-refractivity contribution < 1.29 is 9.53 Å². The van der Waals surface area contributed by atoms with Gasteiger partial charge >= 0.3 is 5.97 Å². The first kappa shape index (κ1) is 17.6. The normalized spacial score (nSPS) is 10.7. The molecule has 5 nitrogen and oxygen atoms in total. The van der Waals surface area contributed by atoms with Crippen LogP contribution in [0.2, 0.25) is 5.02 Å². The van der Waals surface area contributed by atoms with Crippen molar-refractivity contribution in [1.82, 2.24) is 4.90 Å². The van der Waals surface area contributed by atoms with E-state index in [2.05, 4.69) is 24.1 Å². The average Bonchev–Trinajstić information content (AvgIpc) is 2.45. The molecule has 0 radical (unpaired) electrons. The minimum atomic E-state index is -0.419. The monoisotopic (exact) mass is 313 g/mol. The number of nitrogens with zero attached hydrogens (tertiary/aromatic N) is 1. The molecule has 118 valence electrons. The molecular formula is C15H24ClN3O2. The molecule has 0 saturated heterocycles. The molecule has 21 heavy (non-hydrogen) atoms. The molecule has 0 heterocycles. The van der Waals surface area contributed by atoms with Gasteiger partial charge in [0.15, 0.2) is 0 Å². The number of hydrogen-bond acceptors (Lipinski definition) is 5. The fourth-order valence-corrected chi connectivity index (χ4v) is 2.35. The van der Waals surface area contributed by atoms with Crippen LogP contribution in [0, 0.1) is 0 Å². The van der Waals surface area contributed by atoms with Gasteiger partial charge in [-0.3, -0.25) is 0 Å². The number of likely N-dealkylation sites (N-methyl/N-ethyl adjacent to an activating group) is 1. The van der Waals surface area contributed by atoms with Crippen molar-refractivity contribution in [3.8, 4) is 0 Å². The van der Waals surface area contributed by atoms with E-state index in [0.29, 0.717) is 35.1 Å². The summed E-state index contributed by atoms with van der Waals surface area (Å²) in [4.78, 5) is 14.3. The number of hydrogen-bond donors (Lipinski definition) is 2. The Labute approximate surface area is 131 Å². The van der Waals surface area contributed by atoms with Crippen LogP contribution in [0.5, 0.6) is 0 Å². The first-order valence-electron chi connectivity index (χ1n) is 7.25. The maximum atomic E-state index is 12.0. The zero-order valence-electron chi connectivity index (χ0n) is 12.9. The molecule has 0 atom stereocenters. The fourth-order valence-electron chi connectivity index (χ4n) is 2.06. The van der Waals surface area contributed by atoms with Crippen molar-refractivity contribution >= 4 is 28.9 Å². The van der Waals surface area contributed by atoms with Crippen LogP contribution in [0.15, 0.2) is 12.1 Å². The molecule has 1 rings (SSSR count). The van der Waals surface area contributed by atoms with Crippen LogP contribution in [-0.2, 0) is 4.74 Å². The highest BCUT2D eigenvalue weighted by Gasteiger charge is 2.16. The van der Waals surface area contributed by atoms with Crippen LogP contribution in [0.4, 0.5) is 11.4 Å². The molecule has 1 aromatic rings. The van der Waals surface area contributed by atoms with Crippen LogP contribution >= 0.6 is 11.6 Å². The first-order chi connectivity index (χ1) is 10.0. The van der Waals surface area contributed by atoms with E-state index in [1.54, 1.807) is 19.1 Å². The summed E-state index contributed by atoms with van der Waals surface area (Å²) in [6.07, 6.45) is 0. The van der Waals surface area contributed by atoms with Gasteiger partial charge in [0.25, 0.3) is 0 Å². The van der Waals surface area contributed by atoms with E-state index in [1.165, 1.54) is 0 Å². The lowest BCUT2D eigenvalue weighted by Gasteiger charge is -2.20. The summed E-state index contributed by atoms with van der Waals surface area (Å²) in [6.45, 7) is 9.83. The lowest BCUT2D eigenvalue weighted by atomic mass is 10.1. The largest absolute Gasteiger partial charge is 0.462 e. The highest BCUT2D eigenvalue weighted by molar-refractivity contribution is 6.34. The molecule has 0 aliphatic rings. The van der Waals surface area contributed by atoms with Gasteiger partial charge in [0.2, 0.25) is 0 Å². The van der Waals surface area contributed by atoms with E-state index >= 15 is 0 Å². The van der Waals surface area contributed by atoms with Gasteiger partial charge in [-0.15, -0.1) is 0 Å². The lowest BCUT2D eigenvalue weighted by molar-refractivity contribution is 0.0527. The number of ether oxygens (including phenoxy) is 1. The molecule has 1 aromatic carbocycles. The summed E-state index contributed by atoms with van der Waals surface area (Å²) in [5.41, 5.74) is 7.15. The Morgan fingerprint density at radius 1 is 1.33 bits per heavy atom. The molecule has 0 aliphatic heterocycles. The Morgan fingerprint density at radius 2 is 2.00 bits per heavy atom. The number of benzene rings is 1. The van der Waals surface area contributed by atoms with Crippen LogP contribution in [0.3, 0.4) is 0 Å². The number of rotatable bonds is 8. The van der Waals surface area contributed by atoms with E-state index < -0.39 is 5.97 Å². The summed E-state index contributed by atoms with van der Waals surface area (Å²) in [5.74, 6) is -0.419. The molecule has 0 unspecified atom stereocenters. The Hall–Kier alpha value is -1.46. The van der Waals surface area contributed by atoms with Crippen molar-refractivity contribution in [2.24, 2.45) is 0 Å². The summed E-state index contributed by atoms with van der Waals surface area (Å²) >= 11 is 6.20. The minimum absolute atomic E-state index is 0.310. The molecule has 0 saturated carbocycles. The number of nitrogens with two attached hydrogens (primary N) is 1. The third kappa shape index (κ3) is 5.10. The Morgan fingerprint density at radius 3 is 2.57 bits per heavy atom. The number of anilines is 2. The number of carbonyl (C=O) groups is 1. The SMILES string of the molecule is CCOC(=O)c1cc(N)cc(Cl)c1NCCN(CC)CC. The van der Waals surface area contributed by atoms with E-state index in [9.17, 15) is 4.79 Å². The standard InChI is InChI=1S/C15H24ClN3O2/c1-4-19(5-2)8-7-18-14-12(15(20)21-6-3)9-11(17)10-13(14)16/h9-10,18H,4-8,17H2,1-3H3. The van der Waals surface area contributed by atoms with Crippen molar-refractivity contribution in [1.29, 1.82) is 0 Å². The van der Waals surface area contributed by atoms with Gasteiger partial charge in [0, 0.05) is 18.8 Å². The summed E-state index contributed by atoms with van der Waals surface area (Å²) in [6, 6.07) is 3.22. The topological polar surface area (TPSA) is 67.6 Å². The van der Waals surface area contributed by atoms with E-state index in [1.807, 2.05) is 0 Å². The van der Waals surface area contributed by atoms with E-state index in [0.717, 1.165) is 19.6 Å². The fraction of sp³-hybridized carbons (Fsp3) is 0.533. The predicted molar refractivity (Wildman–Crippen MR) is 88.1 cm³/mol. The molecular weight excluding hydrogens is 290 g/mol. The van der Waals surface area contributed by atoms with Crippen LogP contribution in [-0.4, -0.2) is 43.7 Å². The number of esters is 1. The second-order valence-electron chi connectivity index (χ2n) is 4.60. The lowest BCUT2D eigenvalue weighted by Crippen LogP contribution is -2.29. The van der Waals surface area contributed by atoms with Crippen molar-refractivity contribution in [2.45, 2.75) is 20.8 Å². The second-order valence-corrected chi connectivity index (χ2v) is 5.01. The van der Waals surface area contributed by atoms with Crippen LogP contribution in [0.1, 0.15) is 31.1 Å². The molecule has 0 bridgehead atoms. The summed E-state index contributed by atoms with van der Waals surface area (Å²) in [7, 11) is 0. The molecule has 3 N–H and O–H groups in total. The molecule has 0 aromatic heterocycles. The van der Waals surface area contributed by atoms with Gasteiger partial charge in [0.1, 0.15) is 0 Å². The van der Waals surface area contributed by atoms with Crippen molar-refractivity contribution in [2.75, 3.05) is 43.8 Å². The highest BCUT2D eigenvalue weighted by Crippen LogP contribution is 2.29. The van der Waals surface area contributed by atoms with Gasteiger partial charge in [-0.25, -0.2) is 4.79 Å². The molecule has 0 fully saturated rings. The summed E-state index contributed by atoms with van der Waals surface area (Å²) < 4.78 is 5.04. The van der Waals surface area contributed by atoms with Gasteiger partial charge in [-0.1, -0.05) is 25.4 Å². The Balaban J connectivity index is 2.86. The third-order valence-corrected chi connectivity index (χ3v) is 3.53. The average molecular weight is 314 g/mol. The number of carbonyl (C=O) groups excluding carboxylic acids is 1. The maximum Gasteiger partial charge on any atom is 0.340 e. The Bertz CT molecular complexity index is 476. The van der Waals surface area contributed by atoms with E-state index in [-0.39, 0.29) is 0 Å². The number of halogens is 1. The first-order valence-corrected chi connectivity index (χ1v) is 7.63. The van der Waals surface area contributed by atoms with Crippen LogP contribution in [0.25, 0.3) is 0 Å². The van der Waals surface area contributed by atoms with Crippen molar-refractivity contribution in [3.63, 3.8) is 0 Å². The zero-order chi connectivity index (χ0) is 15.8. The molecule has 6 heteroatoms. The maximum absolute atomic E-state index is 12.0. The smallest absolute Gasteiger partial charge is 0.340 e. The van der Waals surface area contributed by atoms with Crippen LogP contribution < -0.4 is 11.1 Å². The van der Waals surface area contributed by atoms with Gasteiger partial charge in [0.05, 0.1) is 22.9 Å². The molecule has 0 spiro atoms. The van der Waals surface area contributed by atoms with Crippen molar-refractivity contribution in [3.05, 3.63) is 22.7 Å². The second kappa shape index (κ2) is 8.74. The predicted octanol–water partition coefficient (Wildman–Crippen LogP) is 2.85. The minimum Gasteiger partial charge on any atom is -0.462 e. The number of nitrogens with one attached hydrogen (secondary N) is 1. The quantitative estimate of drug-likeness (QED) is 0.570. The van der Waals surface area contributed by atoms with E-state index in [4.69, 9.17) is 22.1 Å². The highest BCUT2D eigenvalue weighted by atomic mass is 35.5.